The van der Waals surface area contributed by atoms with Crippen molar-refractivity contribution < 1.29 is 32.6 Å². The van der Waals surface area contributed by atoms with Crippen LogP contribution in [0.2, 0.25) is 0 Å². The number of unbranched alkanes of at least 4 members (excludes halogenated alkanes) is 1. The maximum atomic E-state index is 13.2. The maximum Gasteiger partial charge on any atom is 0.408 e. The van der Waals surface area contributed by atoms with E-state index in [4.69, 9.17) is 15.2 Å². The number of nitrogens with zero attached hydrogens (tertiary/aromatic N) is 1. The molecule has 0 radical (unpaired) electrons. The molecule has 0 bridgehead atoms. The van der Waals surface area contributed by atoms with Crippen molar-refractivity contribution in [1.29, 1.82) is 0 Å². The summed E-state index contributed by atoms with van der Waals surface area (Å²) in [6, 6.07) is -1.11. The van der Waals surface area contributed by atoms with Crippen LogP contribution in [0.25, 0.3) is 0 Å². The number of carboxylic acid groups (broad SMARTS) is 1. The minimum atomic E-state index is -4.00. The Hall–Kier alpha value is -3.02. The molecule has 1 atom stereocenters. The minimum Gasteiger partial charge on any atom is -0.487 e. The van der Waals surface area contributed by atoms with Gasteiger partial charge >= 0.3 is 12.1 Å². The Morgan fingerprint density at radius 2 is 1.78 bits per heavy atom. The van der Waals surface area contributed by atoms with E-state index in [2.05, 4.69) is 15.0 Å². The normalized spacial score (nSPS) is 15.9. The number of amides is 1. The first-order chi connectivity index (χ1) is 16.8. The highest BCUT2D eigenvalue weighted by molar-refractivity contribution is 7.90. The lowest BCUT2D eigenvalue weighted by Crippen LogP contribution is -2.43. The average Bonchev–Trinajstić information content (AvgIpc) is 3.05. The van der Waals surface area contributed by atoms with E-state index in [0.717, 1.165) is 16.9 Å². The van der Waals surface area contributed by atoms with Crippen LogP contribution in [0.1, 0.15) is 76.1 Å². The first-order valence-corrected chi connectivity index (χ1v) is 13.7. The van der Waals surface area contributed by atoms with E-state index in [1.165, 1.54) is 0 Å². The fourth-order valence-corrected chi connectivity index (χ4v) is 5.76. The Labute approximate surface area is 219 Å². The number of guanidine groups is 1. The summed E-state index contributed by atoms with van der Waals surface area (Å²) < 4.78 is 39.9. The summed E-state index contributed by atoms with van der Waals surface area (Å²) in [7, 11) is -4.00. The zero-order chi connectivity index (χ0) is 28.3. The number of hydrogen-bond donors (Lipinski definition) is 4. The highest BCUT2D eigenvalue weighted by atomic mass is 32.2. The molecule has 12 heteroatoms. The van der Waals surface area contributed by atoms with E-state index in [1.54, 1.807) is 34.6 Å². The van der Waals surface area contributed by atoms with Crippen LogP contribution in [0.15, 0.2) is 9.89 Å². The van der Waals surface area contributed by atoms with Gasteiger partial charge in [-0.1, -0.05) is 0 Å². The monoisotopic (exact) mass is 540 g/mol. The van der Waals surface area contributed by atoms with Crippen molar-refractivity contribution in [1.82, 2.24) is 10.0 Å². The predicted octanol–water partition coefficient (Wildman–Crippen LogP) is 3.07. The van der Waals surface area contributed by atoms with E-state index >= 15 is 0 Å². The molecular weight excluding hydrogens is 500 g/mol. The van der Waals surface area contributed by atoms with Gasteiger partial charge in [-0.15, -0.1) is 0 Å². The molecule has 0 aromatic heterocycles. The quantitative estimate of drug-likeness (QED) is 0.210. The molecule has 1 amide bonds. The van der Waals surface area contributed by atoms with E-state index in [9.17, 15) is 23.1 Å². The molecule has 0 fully saturated rings. The van der Waals surface area contributed by atoms with Crippen LogP contribution in [0.3, 0.4) is 0 Å². The number of aliphatic carboxylic acids is 1. The molecule has 0 saturated carbocycles. The van der Waals surface area contributed by atoms with Gasteiger partial charge in [-0.3, -0.25) is 4.99 Å². The Balaban J connectivity index is 2.00. The van der Waals surface area contributed by atoms with Gasteiger partial charge in [0.15, 0.2) is 0 Å². The zero-order valence-electron chi connectivity index (χ0n) is 22.9. The lowest BCUT2D eigenvalue weighted by molar-refractivity contribution is -0.139. The summed E-state index contributed by atoms with van der Waals surface area (Å²) in [5, 5.41) is 11.7. The van der Waals surface area contributed by atoms with E-state index in [-0.39, 0.29) is 23.8 Å². The van der Waals surface area contributed by atoms with Crippen molar-refractivity contribution in [2.45, 2.75) is 103 Å². The first kappa shape index (κ1) is 30.2. The SMILES string of the molecule is Cc1c(C)c(S(=O)(=O)NC(N)=NCCCC[C@H](NC(=O)OC(C)(C)C)C(=O)O)c(C)c2c1OC(C)(C)C2. The molecule has 37 heavy (non-hydrogen) atoms. The number of nitrogens with one attached hydrogen (secondary N) is 2. The molecule has 0 aliphatic carbocycles. The number of fused-ring (bicyclic) bond motifs is 1. The number of aliphatic imine (C=N–C) groups is 1. The molecule has 1 aliphatic rings. The van der Waals surface area contributed by atoms with Gasteiger partial charge in [0.25, 0.3) is 10.0 Å². The summed E-state index contributed by atoms with van der Waals surface area (Å²) in [6.07, 6.45) is 0.792. The van der Waals surface area contributed by atoms with Gasteiger partial charge in [0.2, 0.25) is 5.96 Å². The van der Waals surface area contributed by atoms with Crippen molar-refractivity contribution in [3.05, 3.63) is 22.3 Å². The summed E-state index contributed by atoms with van der Waals surface area (Å²) in [5.74, 6) is -0.692. The summed E-state index contributed by atoms with van der Waals surface area (Å²) >= 11 is 0. The Bertz CT molecular complexity index is 1180. The van der Waals surface area contributed by atoms with Crippen molar-refractivity contribution in [2.24, 2.45) is 10.7 Å². The van der Waals surface area contributed by atoms with Gasteiger partial charge in [-0.2, -0.15) is 0 Å². The lowest BCUT2D eigenvalue weighted by atomic mass is 9.94. The van der Waals surface area contributed by atoms with Gasteiger partial charge in [0.05, 0.1) is 4.90 Å². The van der Waals surface area contributed by atoms with Crippen LogP contribution >= 0.6 is 0 Å². The number of hydrogen-bond acceptors (Lipinski definition) is 7. The minimum absolute atomic E-state index is 0.154. The Morgan fingerprint density at radius 3 is 2.35 bits per heavy atom. The highest BCUT2D eigenvalue weighted by Gasteiger charge is 2.36. The van der Waals surface area contributed by atoms with Gasteiger partial charge < -0.3 is 25.6 Å². The first-order valence-electron chi connectivity index (χ1n) is 12.2. The average molecular weight is 541 g/mol. The van der Waals surface area contributed by atoms with Crippen LogP contribution in [-0.4, -0.2) is 55.3 Å². The molecular formula is C25H40N4O7S. The van der Waals surface area contributed by atoms with E-state index in [0.29, 0.717) is 30.4 Å². The molecule has 5 N–H and O–H groups in total. The van der Waals surface area contributed by atoms with Crippen LogP contribution < -0.4 is 20.5 Å². The number of nitrogens with two attached hydrogens (primary N) is 1. The zero-order valence-corrected chi connectivity index (χ0v) is 23.8. The summed E-state index contributed by atoms with van der Waals surface area (Å²) in [6.45, 7) is 14.5. The third kappa shape index (κ3) is 7.98. The topological polar surface area (TPSA) is 169 Å². The fourth-order valence-electron chi connectivity index (χ4n) is 4.24. The van der Waals surface area contributed by atoms with Crippen molar-refractivity contribution >= 4 is 28.0 Å². The number of alkyl carbamates (subject to hydrolysis) is 1. The van der Waals surface area contributed by atoms with Crippen LogP contribution in [-0.2, 0) is 26.0 Å². The maximum absolute atomic E-state index is 13.2. The number of rotatable bonds is 9. The molecule has 0 unspecified atom stereocenters. The fraction of sp³-hybridized carbons (Fsp3) is 0.640. The molecule has 0 spiro atoms. The van der Waals surface area contributed by atoms with Gasteiger partial charge in [0, 0.05) is 18.5 Å². The van der Waals surface area contributed by atoms with Crippen LogP contribution in [0.5, 0.6) is 5.75 Å². The Kier molecular flexibility index (Phi) is 9.11. The van der Waals surface area contributed by atoms with Gasteiger partial charge in [-0.25, -0.2) is 22.7 Å². The largest absolute Gasteiger partial charge is 0.487 e. The molecule has 1 aromatic rings. The molecule has 1 aliphatic heterocycles. The van der Waals surface area contributed by atoms with Gasteiger partial charge in [0.1, 0.15) is 23.0 Å². The van der Waals surface area contributed by atoms with Crippen molar-refractivity contribution in [3.8, 4) is 5.75 Å². The molecule has 11 nitrogen and oxygen atoms in total. The molecule has 1 heterocycles. The Morgan fingerprint density at radius 1 is 1.16 bits per heavy atom. The summed E-state index contributed by atoms with van der Waals surface area (Å²) in [5.41, 5.74) is 7.58. The summed E-state index contributed by atoms with van der Waals surface area (Å²) in [4.78, 5) is 27.6. The number of benzene rings is 1. The second-order valence-corrected chi connectivity index (χ2v) is 12.6. The molecule has 0 saturated heterocycles. The third-order valence-corrected chi connectivity index (χ3v) is 7.60. The lowest BCUT2D eigenvalue weighted by Gasteiger charge is -2.21. The van der Waals surface area contributed by atoms with E-state index < -0.39 is 39.3 Å². The molecule has 208 valence electrons. The van der Waals surface area contributed by atoms with Crippen molar-refractivity contribution in [3.63, 3.8) is 0 Å². The molecule has 1 aromatic carbocycles. The second-order valence-electron chi connectivity index (χ2n) is 11.0. The standard InChI is InChI=1S/C25H40N4O7S/c1-14-15(2)20(16(3)17-13-25(7,8)35-19(14)17)37(33,34)29-22(26)27-12-10-9-11-18(21(30)31)28-23(32)36-24(4,5)6/h18H,9-13H2,1-8H3,(H,28,32)(H,30,31)(H3,26,27,29)/t18-/m0/s1. The van der Waals surface area contributed by atoms with Crippen LogP contribution in [0.4, 0.5) is 4.79 Å². The smallest absolute Gasteiger partial charge is 0.408 e. The second kappa shape index (κ2) is 11.2. The number of carbonyl (C=O) groups excluding carboxylic acids is 1. The number of ether oxygens (including phenoxy) is 2. The van der Waals surface area contributed by atoms with E-state index in [1.807, 2.05) is 20.8 Å². The highest BCUT2D eigenvalue weighted by Crippen LogP contribution is 2.43. The number of carboxylic acids is 1. The molecule has 2 rings (SSSR count). The third-order valence-electron chi connectivity index (χ3n) is 5.97. The van der Waals surface area contributed by atoms with Crippen molar-refractivity contribution in [2.75, 3.05) is 6.54 Å². The number of carbonyl (C=O) groups is 2. The van der Waals surface area contributed by atoms with Crippen LogP contribution in [0, 0.1) is 20.8 Å². The number of sulfonamides is 1. The van der Waals surface area contributed by atoms with Gasteiger partial charge in [-0.05, 0) is 91.3 Å². The predicted molar refractivity (Wildman–Crippen MR) is 141 cm³/mol.